The monoisotopic (exact) mass is 413 g/mol. The molecule has 2 aromatic heterocycles. The topological polar surface area (TPSA) is 71.0 Å². The number of hydrogen-bond acceptors (Lipinski definition) is 5. The number of hydrogen-bond donors (Lipinski definition) is 1. The first-order valence-electron chi connectivity index (χ1n) is 11.0. The molecule has 6 nitrogen and oxygen atoms in total. The number of benzene rings is 1. The van der Waals surface area contributed by atoms with Crippen LogP contribution >= 0.6 is 0 Å². The predicted molar refractivity (Wildman–Crippen MR) is 121 cm³/mol. The maximum absolute atomic E-state index is 13.8. The molecule has 3 aromatic rings. The van der Waals surface area contributed by atoms with E-state index < -0.39 is 0 Å². The van der Waals surface area contributed by atoms with Gasteiger partial charge in [-0.3, -0.25) is 4.79 Å². The third kappa shape index (κ3) is 3.90. The van der Waals surface area contributed by atoms with Gasteiger partial charge in [-0.1, -0.05) is 23.8 Å². The van der Waals surface area contributed by atoms with Gasteiger partial charge >= 0.3 is 0 Å². The minimum atomic E-state index is 0.0734. The van der Waals surface area contributed by atoms with Crippen LogP contribution in [0.2, 0.25) is 0 Å². The number of fused-ring (bicyclic) bond motifs is 3. The van der Waals surface area contributed by atoms with E-state index in [1.165, 1.54) is 6.42 Å². The summed E-state index contributed by atoms with van der Waals surface area (Å²) in [5, 5.41) is 3.60. The highest BCUT2D eigenvalue weighted by Crippen LogP contribution is 2.38. The summed E-state index contributed by atoms with van der Waals surface area (Å²) in [4.78, 5) is 29.2. The molecule has 3 unspecified atom stereocenters. The van der Waals surface area contributed by atoms with Gasteiger partial charge in [-0.05, 0) is 62.8 Å². The van der Waals surface area contributed by atoms with E-state index in [9.17, 15) is 4.79 Å². The van der Waals surface area contributed by atoms with Gasteiger partial charge in [0.2, 0.25) is 0 Å². The summed E-state index contributed by atoms with van der Waals surface area (Å²) in [5.41, 5.74) is 3.68. The van der Waals surface area contributed by atoms with Gasteiger partial charge in [0.1, 0.15) is 5.82 Å². The molecule has 1 N–H and O–H groups in total. The zero-order valence-electron chi connectivity index (χ0n) is 18.0. The van der Waals surface area contributed by atoms with Gasteiger partial charge in [0, 0.05) is 36.7 Å². The Morgan fingerprint density at radius 1 is 1.03 bits per heavy atom. The lowest BCUT2D eigenvalue weighted by molar-refractivity contribution is 0.0282. The van der Waals surface area contributed by atoms with Crippen LogP contribution in [-0.2, 0) is 0 Å². The van der Waals surface area contributed by atoms with Crippen molar-refractivity contribution in [3.63, 3.8) is 0 Å². The predicted octanol–water partition coefficient (Wildman–Crippen LogP) is 4.26. The fourth-order valence-corrected chi connectivity index (χ4v) is 4.95. The SMILES string of the molecule is Cc1ccc(NC2CC3CCC2N(C(=O)c2cc(C)ccc2-c2ncccn2)C3)nc1. The van der Waals surface area contributed by atoms with Gasteiger partial charge in [-0.25, -0.2) is 15.0 Å². The molecule has 4 heterocycles. The Hall–Kier alpha value is -3.28. The smallest absolute Gasteiger partial charge is 0.254 e. The van der Waals surface area contributed by atoms with Gasteiger partial charge < -0.3 is 10.2 Å². The molecule has 31 heavy (non-hydrogen) atoms. The van der Waals surface area contributed by atoms with E-state index in [2.05, 4.69) is 31.2 Å². The molecule has 3 atom stereocenters. The molecule has 0 spiro atoms. The lowest BCUT2D eigenvalue weighted by Crippen LogP contribution is -2.59. The Morgan fingerprint density at radius 3 is 2.58 bits per heavy atom. The van der Waals surface area contributed by atoms with E-state index in [4.69, 9.17) is 0 Å². The Bertz CT molecular complexity index is 1080. The first-order chi connectivity index (χ1) is 15.1. The second-order valence-electron chi connectivity index (χ2n) is 8.80. The second-order valence-corrected chi connectivity index (χ2v) is 8.80. The minimum absolute atomic E-state index is 0.0734. The van der Waals surface area contributed by atoms with Crippen molar-refractivity contribution in [2.45, 2.75) is 45.2 Å². The highest BCUT2D eigenvalue weighted by molar-refractivity contribution is 6.00. The number of amides is 1. The molecule has 6 rings (SSSR count). The summed E-state index contributed by atoms with van der Waals surface area (Å²) in [6.45, 7) is 4.86. The fourth-order valence-electron chi connectivity index (χ4n) is 4.95. The molecule has 2 bridgehead atoms. The van der Waals surface area contributed by atoms with Crippen LogP contribution in [-0.4, -0.2) is 44.4 Å². The molecule has 158 valence electrons. The van der Waals surface area contributed by atoms with Crippen molar-refractivity contribution in [2.24, 2.45) is 5.92 Å². The van der Waals surface area contributed by atoms with Crippen molar-refractivity contribution in [3.8, 4) is 11.4 Å². The maximum Gasteiger partial charge on any atom is 0.254 e. The maximum atomic E-state index is 13.8. The Morgan fingerprint density at radius 2 is 1.84 bits per heavy atom. The van der Waals surface area contributed by atoms with Gasteiger partial charge in [0.15, 0.2) is 5.82 Å². The highest BCUT2D eigenvalue weighted by atomic mass is 16.2. The standard InChI is InChI=1S/C25H27N5O/c1-16-4-7-19(24-26-10-3-11-27-24)20(12-16)25(31)30-15-18-6-8-22(30)21(13-18)29-23-9-5-17(2)14-28-23/h3-5,7,9-12,14,18,21-22H,6,8,13,15H2,1-2H3,(H,28,29). The second kappa shape index (κ2) is 8.10. The van der Waals surface area contributed by atoms with E-state index in [0.717, 1.165) is 41.9 Å². The highest BCUT2D eigenvalue weighted by Gasteiger charge is 2.43. The third-order valence-corrected chi connectivity index (χ3v) is 6.50. The largest absolute Gasteiger partial charge is 0.365 e. The van der Waals surface area contributed by atoms with Crippen molar-refractivity contribution in [2.75, 3.05) is 11.9 Å². The van der Waals surface area contributed by atoms with Crippen LogP contribution in [0.15, 0.2) is 55.0 Å². The first-order valence-corrected chi connectivity index (χ1v) is 11.0. The van der Waals surface area contributed by atoms with Crippen LogP contribution in [0.4, 0.5) is 5.82 Å². The van der Waals surface area contributed by atoms with Crippen LogP contribution in [0, 0.1) is 19.8 Å². The number of rotatable bonds is 4. The fraction of sp³-hybridized carbons (Fsp3) is 0.360. The van der Waals surface area contributed by atoms with E-state index in [-0.39, 0.29) is 18.0 Å². The molecule has 3 fully saturated rings. The van der Waals surface area contributed by atoms with Crippen molar-refractivity contribution in [1.29, 1.82) is 0 Å². The number of piperidine rings is 2. The first kappa shape index (κ1) is 19.7. The lowest BCUT2D eigenvalue weighted by Gasteiger charge is -2.50. The summed E-state index contributed by atoms with van der Waals surface area (Å²) in [6, 6.07) is 12.2. The average molecular weight is 414 g/mol. The molecular formula is C25H27N5O. The summed E-state index contributed by atoms with van der Waals surface area (Å²) in [5.74, 6) is 2.05. The zero-order valence-corrected chi connectivity index (χ0v) is 18.0. The van der Waals surface area contributed by atoms with Crippen LogP contribution < -0.4 is 5.32 Å². The van der Waals surface area contributed by atoms with Crippen molar-refractivity contribution >= 4 is 11.7 Å². The number of pyridine rings is 1. The van der Waals surface area contributed by atoms with E-state index in [0.29, 0.717) is 17.3 Å². The average Bonchev–Trinajstić information content (AvgIpc) is 2.81. The molecular weight excluding hydrogens is 386 g/mol. The number of aromatic nitrogens is 3. The molecule has 1 saturated carbocycles. The van der Waals surface area contributed by atoms with E-state index in [1.54, 1.807) is 18.5 Å². The third-order valence-electron chi connectivity index (χ3n) is 6.50. The molecule has 3 aliphatic rings. The van der Waals surface area contributed by atoms with Gasteiger partial charge in [-0.2, -0.15) is 0 Å². The number of nitrogens with one attached hydrogen (secondary N) is 1. The summed E-state index contributed by atoms with van der Waals surface area (Å²) >= 11 is 0. The molecule has 0 radical (unpaired) electrons. The Kier molecular flexibility index (Phi) is 5.14. The lowest BCUT2D eigenvalue weighted by atomic mass is 9.76. The van der Waals surface area contributed by atoms with Crippen molar-refractivity contribution < 1.29 is 4.79 Å². The quantitative estimate of drug-likeness (QED) is 0.692. The molecule has 1 amide bonds. The molecule has 2 saturated heterocycles. The van der Waals surface area contributed by atoms with Crippen LogP contribution in [0.3, 0.4) is 0 Å². The van der Waals surface area contributed by atoms with Crippen LogP contribution in [0.5, 0.6) is 0 Å². The Labute approximate surface area is 182 Å². The molecule has 1 aliphatic carbocycles. The summed E-state index contributed by atoms with van der Waals surface area (Å²) in [7, 11) is 0. The van der Waals surface area contributed by atoms with E-state index in [1.807, 2.05) is 44.3 Å². The summed E-state index contributed by atoms with van der Waals surface area (Å²) in [6.07, 6.45) is 8.58. The van der Waals surface area contributed by atoms with E-state index >= 15 is 0 Å². The minimum Gasteiger partial charge on any atom is -0.365 e. The number of carbonyl (C=O) groups excluding carboxylic acids is 1. The molecule has 1 aromatic carbocycles. The zero-order chi connectivity index (χ0) is 21.4. The van der Waals surface area contributed by atoms with Gasteiger partial charge in [-0.15, -0.1) is 0 Å². The molecule has 6 heteroatoms. The van der Waals surface area contributed by atoms with Gasteiger partial charge in [0.25, 0.3) is 5.91 Å². The van der Waals surface area contributed by atoms with Crippen LogP contribution in [0.25, 0.3) is 11.4 Å². The number of carbonyl (C=O) groups is 1. The number of nitrogens with zero attached hydrogens (tertiary/aromatic N) is 4. The Balaban J connectivity index is 1.44. The van der Waals surface area contributed by atoms with Crippen molar-refractivity contribution in [1.82, 2.24) is 19.9 Å². The normalized spacial score (nSPS) is 22.4. The van der Waals surface area contributed by atoms with Crippen molar-refractivity contribution in [3.05, 3.63) is 71.7 Å². The summed E-state index contributed by atoms with van der Waals surface area (Å²) < 4.78 is 0. The molecule has 2 aliphatic heterocycles. The van der Waals surface area contributed by atoms with Gasteiger partial charge in [0.05, 0.1) is 11.6 Å². The van der Waals surface area contributed by atoms with Crippen LogP contribution in [0.1, 0.15) is 40.7 Å². The number of aryl methyl sites for hydroxylation is 2. The number of anilines is 1.